The Morgan fingerprint density at radius 2 is 2.00 bits per heavy atom. The molecule has 0 atom stereocenters. The number of pyridine rings is 1. The molecule has 3 aromatic rings. The third kappa shape index (κ3) is 3.71. The normalized spacial score (nSPS) is 11.3. The first kappa shape index (κ1) is 18.0. The summed E-state index contributed by atoms with van der Waals surface area (Å²) in [5, 5.41) is 3.71. The van der Waals surface area contributed by atoms with Crippen LogP contribution in [0.4, 0.5) is 10.6 Å². The Bertz CT molecular complexity index is 917. The number of nitrogen functional groups attached to an aromatic ring is 1. The fourth-order valence-corrected chi connectivity index (χ4v) is 3.28. The van der Waals surface area contributed by atoms with Crippen LogP contribution in [0.5, 0.6) is 0 Å². The number of para-hydroxylation sites is 1. The minimum absolute atomic E-state index is 0.477. The summed E-state index contributed by atoms with van der Waals surface area (Å²) >= 11 is 0. The molecule has 2 aromatic heterocycles. The molecule has 0 aliphatic heterocycles. The van der Waals surface area contributed by atoms with Crippen molar-refractivity contribution in [1.82, 2.24) is 19.9 Å². The molecule has 0 saturated carbocycles. The molecule has 0 spiro atoms. The number of imidazole rings is 1. The van der Waals surface area contributed by atoms with Crippen LogP contribution in [0.25, 0.3) is 21.9 Å². The number of aromatic nitrogens is 3. The number of urea groups is 1. The van der Waals surface area contributed by atoms with E-state index in [9.17, 15) is 4.79 Å². The molecule has 0 unspecified atom stereocenters. The predicted molar refractivity (Wildman–Crippen MR) is 105 cm³/mol. The fraction of sp³-hybridized carbons (Fsp3) is 0.421. The highest BCUT2D eigenvalue weighted by atomic mass is 16.2. The van der Waals surface area contributed by atoms with Crippen molar-refractivity contribution < 1.29 is 4.79 Å². The second kappa shape index (κ2) is 8.03. The number of rotatable bonds is 8. The van der Waals surface area contributed by atoms with Gasteiger partial charge in [0.15, 0.2) is 5.82 Å². The van der Waals surface area contributed by atoms with Crippen LogP contribution < -0.4 is 16.8 Å². The van der Waals surface area contributed by atoms with E-state index in [0.717, 1.165) is 66.4 Å². The molecular weight excluding hydrogens is 328 g/mol. The molecule has 2 amide bonds. The number of fused-ring (bicyclic) bond motifs is 3. The molecule has 7 nitrogen and oxygen atoms in total. The van der Waals surface area contributed by atoms with Gasteiger partial charge in [0.1, 0.15) is 11.3 Å². The monoisotopic (exact) mass is 354 g/mol. The maximum absolute atomic E-state index is 10.8. The molecule has 2 heterocycles. The number of unbranched alkanes of at least 4 members (excludes halogenated alkanes) is 2. The largest absolute Gasteiger partial charge is 0.382 e. The van der Waals surface area contributed by atoms with Gasteiger partial charge in [-0.25, -0.2) is 14.8 Å². The highest BCUT2D eigenvalue weighted by Crippen LogP contribution is 2.29. The molecule has 0 aliphatic rings. The zero-order valence-electron chi connectivity index (χ0n) is 15.2. The van der Waals surface area contributed by atoms with Crippen molar-refractivity contribution in [1.29, 1.82) is 0 Å². The van der Waals surface area contributed by atoms with Crippen LogP contribution >= 0.6 is 0 Å². The summed E-state index contributed by atoms with van der Waals surface area (Å²) in [6, 6.07) is 7.55. The summed E-state index contributed by atoms with van der Waals surface area (Å²) in [4.78, 5) is 20.1. The van der Waals surface area contributed by atoms with E-state index >= 15 is 0 Å². The van der Waals surface area contributed by atoms with Crippen molar-refractivity contribution in [3.8, 4) is 0 Å². The van der Waals surface area contributed by atoms with E-state index in [1.54, 1.807) is 0 Å². The Morgan fingerprint density at radius 3 is 2.77 bits per heavy atom. The van der Waals surface area contributed by atoms with E-state index in [4.69, 9.17) is 16.5 Å². The minimum Gasteiger partial charge on any atom is -0.382 e. The van der Waals surface area contributed by atoms with Crippen molar-refractivity contribution in [2.24, 2.45) is 5.73 Å². The molecule has 0 aliphatic carbocycles. The van der Waals surface area contributed by atoms with Gasteiger partial charge < -0.3 is 21.4 Å². The van der Waals surface area contributed by atoms with Crippen molar-refractivity contribution in [3.63, 3.8) is 0 Å². The second-order valence-corrected chi connectivity index (χ2v) is 6.49. The molecule has 26 heavy (non-hydrogen) atoms. The zero-order chi connectivity index (χ0) is 18.5. The lowest BCUT2D eigenvalue weighted by atomic mass is 10.2. The SMILES string of the molecule is CCCCc1nc2c(N)nc3ccccc3c2n1CCCCNC(N)=O. The number of amides is 2. The minimum atomic E-state index is -0.480. The van der Waals surface area contributed by atoms with E-state index in [1.165, 1.54) is 0 Å². The number of hydrogen-bond donors (Lipinski definition) is 3. The summed E-state index contributed by atoms with van der Waals surface area (Å²) in [5.41, 5.74) is 14.0. The number of carbonyl (C=O) groups is 1. The summed E-state index contributed by atoms with van der Waals surface area (Å²) < 4.78 is 2.27. The van der Waals surface area contributed by atoms with Crippen molar-refractivity contribution in [3.05, 3.63) is 30.1 Å². The molecule has 0 radical (unpaired) electrons. The van der Waals surface area contributed by atoms with Gasteiger partial charge in [0.05, 0.1) is 11.0 Å². The van der Waals surface area contributed by atoms with Gasteiger partial charge in [0.2, 0.25) is 0 Å². The first-order chi connectivity index (χ1) is 12.6. The summed E-state index contributed by atoms with van der Waals surface area (Å²) in [5.74, 6) is 1.53. The summed E-state index contributed by atoms with van der Waals surface area (Å²) in [6.07, 6.45) is 4.88. The topological polar surface area (TPSA) is 112 Å². The van der Waals surface area contributed by atoms with Gasteiger partial charge in [-0.2, -0.15) is 0 Å². The van der Waals surface area contributed by atoms with Gasteiger partial charge in [-0.15, -0.1) is 0 Å². The molecule has 5 N–H and O–H groups in total. The average molecular weight is 354 g/mol. The van der Waals surface area contributed by atoms with Gasteiger partial charge >= 0.3 is 6.03 Å². The third-order valence-electron chi connectivity index (χ3n) is 4.55. The van der Waals surface area contributed by atoms with Crippen molar-refractivity contribution in [2.45, 2.75) is 45.6 Å². The zero-order valence-corrected chi connectivity index (χ0v) is 15.2. The first-order valence-electron chi connectivity index (χ1n) is 9.18. The lowest BCUT2D eigenvalue weighted by Gasteiger charge is -2.11. The molecule has 0 fully saturated rings. The van der Waals surface area contributed by atoms with Crippen LogP contribution in [0.2, 0.25) is 0 Å². The predicted octanol–water partition coefficient (Wildman–Crippen LogP) is 2.96. The quantitative estimate of drug-likeness (QED) is 0.540. The summed E-state index contributed by atoms with van der Waals surface area (Å²) in [7, 11) is 0. The lowest BCUT2D eigenvalue weighted by molar-refractivity contribution is 0.248. The van der Waals surface area contributed by atoms with Gasteiger partial charge in [-0.3, -0.25) is 0 Å². The maximum atomic E-state index is 10.8. The Morgan fingerprint density at radius 1 is 1.19 bits per heavy atom. The average Bonchev–Trinajstić information content (AvgIpc) is 2.99. The van der Waals surface area contributed by atoms with E-state index in [1.807, 2.05) is 18.2 Å². The Balaban J connectivity index is 1.97. The van der Waals surface area contributed by atoms with Gasteiger partial charge in [0, 0.05) is 24.9 Å². The van der Waals surface area contributed by atoms with Gasteiger partial charge in [-0.1, -0.05) is 31.5 Å². The van der Waals surface area contributed by atoms with Crippen LogP contribution in [0.3, 0.4) is 0 Å². The molecule has 3 rings (SSSR count). The number of benzene rings is 1. The Kier molecular flexibility index (Phi) is 5.55. The van der Waals surface area contributed by atoms with E-state index in [2.05, 4.69) is 27.9 Å². The number of anilines is 1. The molecule has 138 valence electrons. The number of hydrogen-bond acceptors (Lipinski definition) is 4. The fourth-order valence-electron chi connectivity index (χ4n) is 3.28. The molecule has 1 aromatic carbocycles. The number of aryl methyl sites for hydroxylation is 2. The van der Waals surface area contributed by atoms with Crippen LogP contribution in [0, 0.1) is 0 Å². The molecular formula is C19H26N6O. The first-order valence-corrected chi connectivity index (χ1v) is 9.18. The molecule has 0 bridgehead atoms. The number of carbonyl (C=O) groups excluding carboxylic acids is 1. The molecule has 7 heteroatoms. The van der Waals surface area contributed by atoms with Crippen LogP contribution in [-0.2, 0) is 13.0 Å². The standard InChI is InChI=1S/C19H26N6O/c1-2-3-10-15-24-16-17(25(15)12-7-6-11-22-19(21)26)13-8-4-5-9-14(13)23-18(16)20/h4-5,8-9H,2-3,6-7,10-12H2,1H3,(H2,20,23)(H3,21,22,26). The number of primary amides is 1. The number of nitrogens with one attached hydrogen (secondary N) is 1. The van der Waals surface area contributed by atoms with E-state index in [-0.39, 0.29) is 0 Å². The number of nitrogens with zero attached hydrogens (tertiary/aromatic N) is 3. The van der Waals surface area contributed by atoms with Gasteiger partial charge in [-0.05, 0) is 25.3 Å². The molecule has 0 saturated heterocycles. The number of nitrogens with two attached hydrogens (primary N) is 2. The van der Waals surface area contributed by atoms with Crippen molar-refractivity contribution >= 4 is 33.8 Å². The maximum Gasteiger partial charge on any atom is 0.312 e. The second-order valence-electron chi connectivity index (χ2n) is 6.49. The van der Waals surface area contributed by atoms with E-state index in [0.29, 0.717) is 12.4 Å². The smallest absolute Gasteiger partial charge is 0.312 e. The summed E-state index contributed by atoms with van der Waals surface area (Å²) in [6.45, 7) is 3.58. The van der Waals surface area contributed by atoms with Crippen LogP contribution in [0.1, 0.15) is 38.4 Å². The highest BCUT2D eigenvalue weighted by Gasteiger charge is 2.16. The Hall–Kier alpha value is -2.83. The third-order valence-corrected chi connectivity index (χ3v) is 4.55. The highest BCUT2D eigenvalue weighted by molar-refractivity contribution is 6.06. The van der Waals surface area contributed by atoms with E-state index < -0.39 is 6.03 Å². The van der Waals surface area contributed by atoms with Gasteiger partial charge in [0.25, 0.3) is 0 Å². The van der Waals surface area contributed by atoms with Crippen molar-refractivity contribution in [2.75, 3.05) is 12.3 Å². The lowest BCUT2D eigenvalue weighted by Crippen LogP contribution is -2.30. The Labute approximate surface area is 152 Å². The van der Waals surface area contributed by atoms with Crippen LogP contribution in [0.15, 0.2) is 24.3 Å². The van der Waals surface area contributed by atoms with Crippen LogP contribution in [-0.4, -0.2) is 27.1 Å².